The average molecular weight is 325 g/mol. The monoisotopic (exact) mass is 324 g/mol. The molecule has 96 valence electrons. The second kappa shape index (κ2) is 5.95. The number of rotatable bonds is 4. The Hall–Kier alpha value is -0.710. The van der Waals surface area contributed by atoms with Gasteiger partial charge < -0.3 is 5.32 Å². The Balaban J connectivity index is 2.42. The van der Waals surface area contributed by atoms with E-state index in [2.05, 4.69) is 59.1 Å². The zero-order valence-electron chi connectivity index (χ0n) is 10.8. The maximum absolute atomic E-state index is 4.27. The van der Waals surface area contributed by atoms with Gasteiger partial charge in [0.25, 0.3) is 0 Å². The summed E-state index contributed by atoms with van der Waals surface area (Å²) in [5, 5.41) is 3.54. The van der Waals surface area contributed by atoms with Gasteiger partial charge in [0, 0.05) is 26.6 Å². The molecule has 2 aromatic rings. The van der Waals surface area contributed by atoms with Crippen molar-refractivity contribution in [2.75, 3.05) is 6.54 Å². The Labute approximate surface area is 121 Å². The first-order valence-electron chi connectivity index (χ1n) is 6.02. The van der Waals surface area contributed by atoms with Crippen LogP contribution in [-0.2, 0) is 0 Å². The molecule has 0 amide bonds. The van der Waals surface area contributed by atoms with E-state index in [-0.39, 0.29) is 6.04 Å². The van der Waals surface area contributed by atoms with E-state index in [0.717, 1.165) is 11.0 Å². The predicted octanol–water partition coefficient (Wildman–Crippen LogP) is 4.22. The number of nitrogens with zero attached hydrogens (tertiary/aromatic N) is 1. The van der Waals surface area contributed by atoms with Gasteiger partial charge in [0.1, 0.15) is 0 Å². The molecule has 2 nitrogen and oxygen atoms in total. The standard InChI is InChI=1S/C14H17BrN2S/c1-4-17-14(11-6-12(15)8-16-7-11)13-5-9(2)18-10(13)3/h5-8,14,17H,4H2,1-3H3. The molecular weight excluding hydrogens is 308 g/mol. The summed E-state index contributed by atoms with van der Waals surface area (Å²) in [4.78, 5) is 6.99. The van der Waals surface area contributed by atoms with Gasteiger partial charge in [-0.3, -0.25) is 4.98 Å². The molecule has 18 heavy (non-hydrogen) atoms. The molecule has 0 aliphatic carbocycles. The number of thiophene rings is 1. The highest BCUT2D eigenvalue weighted by Gasteiger charge is 2.17. The van der Waals surface area contributed by atoms with Gasteiger partial charge in [0.05, 0.1) is 6.04 Å². The van der Waals surface area contributed by atoms with E-state index >= 15 is 0 Å². The van der Waals surface area contributed by atoms with Crippen molar-refractivity contribution in [1.29, 1.82) is 0 Å². The third kappa shape index (κ3) is 2.99. The Bertz CT molecular complexity index is 536. The van der Waals surface area contributed by atoms with Crippen LogP contribution in [0.1, 0.15) is 33.8 Å². The third-order valence-electron chi connectivity index (χ3n) is 2.86. The molecular formula is C14H17BrN2S. The molecule has 2 rings (SSSR count). The van der Waals surface area contributed by atoms with Gasteiger partial charge in [0.2, 0.25) is 0 Å². The van der Waals surface area contributed by atoms with E-state index in [1.54, 1.807) is 0 Å². The molecule has 1 atom stereocenters. The molecule has 1 unspecified atom stereocenters. The van der Waals surface area contributed by atoms with E-state index in [9.17, 15) is 0 Å². The molecule has 2 heterocycles. The van der Waals surface area contributed by atoms with Crippen molar-refractivity contribution in [3.05, 3.63) is 49.9 Å². The number of nitrogens with one attached hydrogen (secondary N) is 1. The van der Waals surface area contributed by atoms with Crippen LogP contribution in [0.2, 0.25) is 0 Å². The normalized spacial score (nSPS) is 12.7. The van der Waals surface area contributed by atoms with Crippen molar-refractivity contribution in [2.24, 2.45) is 0 Å². The van der Waals surface area contributed by atoms with Crippen molar-refractivity contribution < 1.29 is 0 Å². The van der Waals surface area contributed by atoms with Crippen molar-refractivity contribution >= 4 is 27.3 Å². The second-order valence-corrected chi connectivity index (χ2v) is 6.67. The van der Waals surface area contributed by atoms with Gasteiger partial charge in [-0.25, -0.2) is 0 Å². The van der Waals surface area contributed by atoms with Crippen LogP contribution in [0.3, 0.4) is 0 Å². The minimum absolute atomic E-state index is 0.227. The fourth-order valence-electron chi connectivity index (χ4n) is 2.13. The van der Waals surface area contributed by atoms with Gasteiger partial charge in [0.15, 0.2) is 0 Å². The fourth-order valence-corrected chi connectivity index (χ4v) is 3.48. The van der Waals surface area contributed by atoms with Crippen molar-refractivity contribution in [3.63, 3.8) is 0 Å². The van der Waals surface area contributed by atoms with Crippen LogP contribution in [0.4, 0.5) is 0 Å². The Morgan fingerprint density at radius 3 is 2.67 bits per heavy atom. The minimum atomic E-state index is 0.227. The maximum Gasteiger partial charge on any atom is 0.0603 e. The van der Waals surface area contributed by atoms with Crippen LogP contribution in [0.15, 0.2) is 29.0 Å². The molecule has 0 aromatic carbocycles. The molecule has 4 heteroatoms. The number of hydrogen-bond acceptors (Lipinski definition) is 3. The SMILES string of the molecule is CCNC(c1cncc(Br)c1)c1cc(C)sc1C. The molecule has 0 bridgehead atoms. The summed E-state index contributed by atoms with van der Waals surface area (Å²) in [6.45, 7) is 7.41. The highest BCUT2D eigenvalue weighted by Crippen LogP contribution is 2.31. The second-order valence-electron chi connectivity index (χ2n) is 4.30. The van der Waals surface area contributed by atoms with Gasteiger partial charge in [-0.05, 0) is 59.6 Å². The topological polar surface area (TPSA) is 24.9 Å². The van der Waals surface area contributed by atoms with E-state index in [0.29, 0.717) is 0 Å². The van der Waals surface area contributed by atoms with E-state index in [1.807, 2.05) is 23.7 Å². The lowest BCUT2D eigenvalue weighted by Gasteiger charge is -2.18. The highest BCUT2D eigenvalue weighted by atomic mass is 79.9. The lowest BCUT2D eigenvalue weighted by molar-refractivity contribution is 0.627. The van der Waals surface area contributed by atoms with Crippen molar-refractivity contribution in [2.45, 2.75) is 26.8 Å². The number of aryl methyl sites for hydroxylation is 2. The predicted molar refractivity (Wildman–Crippen MR) is 81.2 cm³/mol. The van der Waals surface area contributed by atoms with Gasteiger partial charge in [-0.1, -0.05) is 6.92 Å². The van der Waals surface area contributed by atoms with Crippen LogP contribution in [-0.4, -0.2) is 11.5 Å². The number of aromatic nitrogens is 1. The third-order valence-corrected chi connectivity index (χ3v) is 4.27. The summed E-state index contributed by atoms with van der Waals surface area (Å²) in [7, 11) is 0. The van der Waals surface area contributed by atoms with Crippen LogP contribution < -0.4 is 5.32 Å². The molecule has 0 radical (unpaired) electrons. The highest BCUT2D eigenvalue weighted by molar-refractivity contribution is 9.10. The molecule has 2 aromatic heterocycles. The summed E-state index contributed by atoms with van der Waals surface area (Å²) in [6.07, 6.45) is 3.75. The molecule has 1 N–H and O–H groups in total. The summed E-state index contributed by atoms with van der Waals surface area (Å²) in [5.74, 6) is 0. The number of halogens is 1. The first-order valence-corrected chi connectivity index (χ1v) is 7.63. The average Bonchev–Trinajstić information content (AvgIpc) is 2.65. The fraction of sp³-hybridized carbons (Fsp3) is 0.357. The molecule has 0 saturated carbocycles. The van der Waals surface area contributed by atoms with Gasteiger partial charge in [-0.15, -0.1) is 11.3 Å². The molecule has 0 fully saturated rings. The Kier molecular flexibility index (Phi) is 4.54. The molecule has 0 spiro atoms. The van der Waals surface area contributed by atoms with Crippen LogP contribution in [0.5, 0.6) is 0 Å². The maximum atomic E-state index is 4.27. The minimum Gasteiger partial charge on any atom is -0.306 e. The lowest BCUT2D eigenvalue weighted by atomic mass is 10.0. The van der Waals surface area contributed by atoms with Gasteiger partial charge >= 0.3 is 0 Å². The summed E-state index contributed by atoms with van der Waals surface area (Å²) < 4.78 is 1.02. The smallest absolute Gasteiger partial charge is 0.0603 e. The van der Waals surface area contributed by atoms with Crippen LogP contribution in [0, 0.1) is 13.8 Å². The summed E-state index contributed by atoms with van der Waals surface area (Å²) in [5.41, 5.74) is 2.56. The largest absolute Gasteiger partial charge is 0.306 e. The first kappa shape index (κ1) is 13.7. The number of pyridine rings is 1. The van der Waals surface area contributed by atoms with E-state index in [1.165, 1.54) is 20.9 Å². The number of hydrogen-bond donors (Lipinski definition) is 1. The zero-order valence-corrected chi connectivity index (χ0v) is 13.2. The van der Waals surface area contributed by atoms with E-state index in [4.69, 9.17) is 0 Å². The summed E-state index contributed by atoms with van der Waals surface area (Å²) in [6, 6.07) is 4.63. The Morgan fingerprint density at radius 1 is 1.33 bits per heavy atom. The van der Waals surface area contributed by atoms with Crippen LogP contribution in [0.25, 0.3) is 0 Å². The van der Waals surface area contributed by atoms with E-state index < -0.39 is 0 Å². The molecule has 0 aliphatic heterocycles. The first-order chi connectivity index (χ1) is 8.61. The van der Waals surface area contributed by atoms with Gasteiger partial charge in [-0.2, -0.15) is 0 Å². The van der Waals surface area contributed by atoms with Crippen molar-refractivity contribution in [1.82, 2.24) is 10.3 Å². The molecule has 0 aliphatic rings. The quantitative estimate of drug-likeness (QED) is 0.910. The zero-order chi connectivity index (χ0) is 13.1. The van der Waals surface area contributed by atoms with Crippen LogP contribution >= 0.6 is 27.3 Å². The summed E-state index contributed by atoms with van der Waals surface area (Å²) >= 11 is 5.34. The van der Waals surface area contributed by atoms with Crippen molar-refractivity contribution in [3.8, 4) is 0 Å². The lowest BCUT2D eigenvalue weighted by Crippen LogP contribution is -2.22. The molecule has 0 saturated heterocycles. The Morgan fingerprint density at radius 2 is 2.11 bits per heavy atom.